The van der Waals surface area contributed by atoms with Crippen molar-refractivity contribution in [3.63, 3.8) is 0 Å². The molecule has 0 aliphatic carbocycles. The second-order valence-corrected chi connectivity index (χ2v) is 17.1. The highest BCUT2D eigenvalue weighted by atomic mass is 16.6. The van der Waals surface area contributed by atoms with Crippen LogP contribution < -0.4 is 0 Å². The van der Waals surface area contributed by atoms with Crippen LogP contribution in [0.4, 0.5) is 0 Å². The molecule has 0 N–H and O–H groups in total. The lowest BCUT2D eigenvalue weighted by molar-refractivity contribution is -0.167. The minimum atomic E-state index is -0.808. The van der Waals surface area contributed by atoms with E-state index in [1.165, 1.54) is 122 Å². The lowest BCUT2D eigenvalue weighted by Crippen LogP contribution is -2.30. The Hall–Kier alpha value is -3.15. The zero-order chi connectivity index (χ0) is 45.1. The number of unbranched alkanes of at least 4 members (excludes halogenated alkanes) is 24. The molecule has 0 aromatic heterocycles. The van der Waals surface area contributed by atoms with Gasteiger partial charge in [0.25, 0.3) is 0 Å². The van der Waals surface area contributed by atoms with Gasteiger partial charge >= 0.3 is 17.9 Å². The Morgan fingerprint density at radius 3 is 1.11 bits per heavy atom. The molecule has 1 atom stereocenters. The van der Waals surface area contributed by atoms with Crippen LogP contribution in [0.3, 0.4) is 0 Å². The van der Waals surface area contributed by atoms with Crippen molar-refractivity contribution in [2.45, 2.75) is 252 Å². The Balaban J connectivity index is 4.50. The Labute approximate surface area is 382 Å². The highest BCUT2D eigenvalue weighted by molar-refractivity contribution is 5.71. The first-order valence-corrected chi connectivity index (χ1v) is 26.0. The van der Waals surface area contributed by atoms with Crippen molar-refractivity contribution >= 4 is 17.9 Å². The zero-order valence-corrected chi connectivity index (χ0v) is 40.6. The first-order chi connectivity index (χ1) is 30.5. The van der Waals surface area contributed by atoms with Gasteiger partial charge in [-0.05, 0) is 83.5 Å². The van der Waals surface area contributed by atoms with Crippen LogP contribution in [-0.2, 0) is 28.6 Å². The van der Waals surface area contributed by atoms with Crippen LogP contribution in [0.1, 0.15) is 245 Å². The first-order valence-electron chi connectivity index (χ1n) is 26.0. The molecule has 0 aromatic carbocycles. The number of ether oxygens (including phenoxy) is 3. The summed E-state index contributed by atoms with van der Waals surface area (Å²) in [6, 6.07) is 0. The number of hydrogen-bond acceptors (Lipinski definition) is 6. The summed E-state index contributed by atoms with van der Waals surface area (Å²) in [5.74, 6) is -0.986. The Morgan fingerprint density at radius 2 is 0.645 bits per heavy atom. The molecule has 62 heavy (non-hydrogen) atoms. The van der Waals surface area contributed by atoms with Gasteiger partial charge in [0.05, 0.1) is 0 Å². The Bertz CT molecular complexity index is 1180. The van der Waals surface area contributed by atoms with Crippen LogP contribution in [0.25, 0.3) is 0 Å². The fraction of sp³-hybridized carbons (Fsp3) is 0.732. The summed E-state index contributed by atoms with van der Waals surface area (Å²) < 4.78 is 16.7. The van der Waals surface area contributed by atoms with Gasteiger partial charge < -0.3 is 14.2 Å². The van der Waals surface area contributed by atoms with Crippen LogP contribution in [0.15, 0.2) is 72.9 Å². The first kappa shape index (κ1) is 58.9. The summed E-state index contributed by atoms with van der Waals surface area (Å²) in [7, 11) is 0. The molecule has 0 rings (SSSR count). The molecule has 1 unspecified atom stereocenters. The molecule has 356 valence electrons. The van der Waals surface area contributed by atoms with Gasteiger partial charge in [0, 0.05) is 19.3 Å². The van der Waals surface area contributed by atoms with Crippen molar-refractivity contribution in [3.05, 3.63) is 72.9 Å². The second-order valence-electron chi connectivity index (χ2n) is 17.1. The van der Waals surface area contributed by atoms with Crippen LogP contribution in [0.2, 0.25) is 0 Å². The molecule has 0 aliphatic rings. The highest BCUT2D eigenvalue weighted by Crippen LogP contribution is 2.14. The van der Waals surface area contributed by atoms with Crippen molar-refractivity contribution < 1.29 is 28.6 Å². The van der Waals surface area contributed by atoms with Gasteiger partial charge in [-0.1, -0.05) is 216 Å². The van der Waals surface area contributed by atoms with Gasteiger partial charge in [-0.25, -0.2) is 0 Å². The number of rotatable bonds is 46. The van der Waals surface area contributed by atoms with Gasteiger partial charge in [0.2, 0.25) is 0 Å². The topological polar surface area (TPSA) is 78.9 Å². The van der Waals surface area contributed by atoms with Gasteiger partial charge in [-0.2, -0.15) is 0 Å². The maximum absolute atomic E-state index is 12.8. The molecule has 0 fully saturated rings. The van der Waals surface area contributed by atoms with E-state index in [2.05, 4.69) is 93.7 Å². The Kier molecular flexibility index (Phi) is 47.9. The summed E-state index contributed by atoms with van der Waals surface area (Å²) in [6.45, 7) is 6.53. The third-order valence-electron chi connectivity index (χ3n) is 11.0. The van der Waals surface area contributed by atoms with Gasteiger partial charge in [-0.15, -0.1) is 0 Å². The fourth-order valence-electron chi connectivity index (χ4n) is 7.01. The predicted molar refractivity (Wildman–Crippen MR) is 265 cm³/mol. The van der Waals surface area contributed by atoms with E-state index in [1.54, 1.807) is 0 Å². The predicted octanol–water partition coefficient (Wildman–Crippen LogP) is 17.0. The molecule has 0 spiro atoms. The number of carbonyl (C=O) groups is 3. The standard InChI is InChI=1S/C56H96O6/c1-4-7-10-13-16-19-22-24-26-28-30-31-34-37-40-43-46-49-55(58)61-52-53(51-60-54(57)48-45-42-39-36-33-21-18-15-12-9-6-3)62-56(59)50-47-44-41-38-35-32-29-27-25-23-20-17-14-11-8-5-2/h16,19,24,26-27,29-32,35,37,40,53H,4-15,17-18,20-23,25,28,33-34,36,38-39,41-52H2,1-3H3/b19-16-,26-24-,29-27-,31-30-,35-32-,40-37-. The summed E-state index contributed by atoms with van der Waals surface area (Å²) in [5, 5.41) is 0. The molecule has 0 aromatic rings. The van der Waals surface area contributed by atoms with E-state index in [0.29, 0.717) is 12.8 Å². The summed E-state index contributed by atoms with van der Waals surface area (Å²) in [5.41, 5.74) is 0. The highest BCUT2D eigenvalue weighted by Gasteiger charge is 2.19. The zero-order valence-electron chi connectivity index (χ0n) is 40.6. The molecular formula is C56H96O6. The van der Waals surface area contributed by atoms with Crippen LogP contribution in [0, 0.1) is 0 Å². The smallest absolute Gasteiger partial charge is 0.306 e. The largest absolute Gasteiger partial charge is 0.462 e. The van der Waals surface area contributed by atoms with Crippen LogP contribution in [-0.4, -0.2) is 37.2 Å². The van der Waals surface area contributed by atoms with E-state index in [0.717, 1.165) is 77.0 Å². The average Bonchev–Trinajstić information content (AvgIpc) is 3.27. The summed E-state index contributed by atoms with van der Waals surface area (Å²) in [6.07, 6.45) is 63.2. The average molecular weight is 865 g/mol. The third-order valence-corrected chi connectivity index (χ3v) is 11.0. The molecule has 6 nitrogen and oxygen atoms in total. The van der Waals surface area contributed by atoms with Gasteiger partial charge in [-0.3, -0.25) is 14.4 Å². The molecular weight excluding hydrogens is 769 g/mol. The number of carbonyl (C=O) groups excluding carboxylic acids is 3. The molecule has 0 bridgehead atoms. The summed E-state index contributed by atoms with van der Waals surface area (Å²) >= 11 is 0. The lowest BCUT2D eigenvalue weighted by atomic mass is 10.1. The quantitative estimate of drug-likeness (QED) is 0.0199. The van der Waals surface area contributed by atoms with Crippen molar-refractivity contribution in [1.29, 1.82) is 0 Å². The van der Waals surface area contributed by atoms with E-state index in [4.69, 9.17) is 14.2 Å². The molecule has 0 saturated heterocycles. The lowest BCUT2D eigenvalue weighted by Gasteiger charge is -2.18. The monoisotopic (exact) mass is 865 g/mol. The molecule has 0 radical (unpaired) electrons. The van der Waals surface area contributed by atoms with Crippen molar-refractivity contribution in [1.82, 2.24) is 0 Å². The SMILES string of the molecule is CCCCC/C=C\C/C=C\C/C=C\C/C=C\CCCC(=O)OCC(COC(=O)CCCCCCCCCCCCC)OC(=O)CCCCC/C=C\C=C/CCCCCCCCC. The van der Waals surface area contributed by atoms with E-state index >= 15 is 0 Å². The van der Waals surface area contributed by atoms with E-state index < -0.39 is 6.10 Å². The number of allylic oxidation sites excluding steroid dienone is 12. The molecule has 0 aliphatic heterocycles. The fourth-order valence-corrected chi connectivity index (χ4v) is 7.01. The van der Waals surface area contributed by atoms with Gasteiger partial charge in [0.1, 0.15) is 13.2 Å². The maximum atomic E-state index is 12.8. The van der Waals surface area contributed by atoms with Gasteiger partial charge in [0.15, 0.2) is 6.10 Å². The molecule has 0 saturated carbocycles. The van der Waals surface area contributed by atoms with Crippen molar-refractivity contribution in [3.8, 4) is 0 Å². The molecule has 6 heteroatoms. The van der Waals surface area contributed by atoms with E-state index in [9.17, 15) is 14.4 Å². The number of hydrogen-bond donors (Lipinski definition) is 0. The Morgan fingerprint density at radius 1 is 0.339 bits per heavy atom. The maximum Gasteiger partial charge on any atom is 0.306 e. The molecule has 0 heterocycles. The van der Waals surface area contributed by atoms with Crippen LogP contribution in [0.5, 0.6) is 0 Å². The minimum Gasteiger partial charge on any atom is -0.462 e. The molecule has 0 amide bonds. The van der Waals surface area contributed by atoms with Crippen molar-refractivity contribution in [2.24, 2.45) is 0 Å². The van der Waals surface area contributed by atoms with E-state index in [1.807, 2.05) is 0 Å². The third kappa shape index (κ3) is 47.9. The minimum absolute atomic E-state index is 0.102. The van der Waals surface area contributed by atoms with E-state index in [-0.39, 0.29) is 44.0 Å². The summed E-state index contributed by atoms with van der Waals surface area (Å²) in [4.78, 5) is 37.9. The number of esters is 3. The van der Waals surface area contributed by atoms with Crippen molar-refractivity contribution in [2.75, 3.05) is 13.2 Å². The second kappa shape index (κ2) is 50.5. The normalized spacial score (nSPS) is 12.6. The van der Waals surface area contributed by atoms with Crippen LogP contribution >= 0.6 is 0 Å².